The highest BCUT2D eigenvalue weighted by Gasteiger charge is 2.05. The van der Waals surface area contributed by atoms with Gasteiger partial charge >= 0.3 is 0 Å². The van der Waals surface area contributed by atoms with Crippen LogP contribution in [0.25, 0.3) is 0 Å². The van der Waals surface area contributed by atoms with Crippen LogP contribution in [0.3, 0.4) is 0 Å². The van der Waals surface area contributed by atoms with Crippen LogP contribution in [-0.2, 0) is 0 Å². The van der Waals surface area contributed by atoms with Gasteiger partial charge in [0.25, 0.3) is 0 Å². The monoisotopic (exact) mass is 195 g/mol. The van der Waals surface area contributed by atoms with Gasteiger partial charge in [0, 0.05) is 12.6 Å². The molecule has 0 aliphatic carbocycles. The summed E-state index contributed by atoms with van der Waals surface area (Å²) in [6.45, 7) is 2.71. The van der Waals surface area contributed by atoms with Crippen molar-refractivity contribution in [3.8, 4) is 5.75 Å². The minimum Gasteiger partial charge on any atom is -0.494 e. The van der Waals surface area contributed by atoms with Crippen LogP contribution >= 0.6 is 0 Å². The molecule has 0 amide bonds. The van der Waals surface area contributed by atoms with Crippen molar-refractivity contribution < 1.29 is 9.84 Å². The van der Waals surface area contributed by atoms with Crippen LogP contribution in [0.15, 0.2) is 24.3 Å². The fourth-order valence-corrected chi connectivity index (χ4v) is 1.31. The number of nitrogens with two attached hydrogens (primary N) is 1. The second kappa shape index (κ2) is 5.62. The van der Waals surface area contributed by atoms with Crippen molar-refractivity contribution in [2.24, 2.45) is 5.73 Å². The van der Waals surface area contributed by atoms with Gasteiger partial charge in [-0.25, -0.2) is 0 Å². The fraction of sp³-hybridized carbons (Fsp3) is 0.455. The van der Waals surface area contributed by atoms with Crippen LogP contribution in [0.5, 0.6) is 5.75 Å². The molecule has 0 heterocycles. The van der Waals surface area contributed by atoms with Crippen molar-refractivity contribution in [2.45, 2.75) is 19.4 Å². The Kier molecular flexibility index (Phi) is 4.43. The van der Waals surface area contributed by atoms with Gasteiger partial charge in [-0.15, -0.1) is 0 Å². The number of hydrogen-bond donors (Lipinski definition) is 2. The van der Waals surface area contributed by atoms with E-state index in [4.69, 9.17) is 15.6 Å². The number of aliphatic hydroxyl groups is 1. The normalized spacial score (nSPS) is 12.5. The lowest BCUT2D eigenvalue weighted by Crippen LogP contribution is -2.11. The predicted octanol–water partition coefficient (Wildman–Crippen LogP) is 1.47. The summed E-state index contributed by atoms with van der Waals surface area (Å²) < 4.78 is 5.36. The van der Waals surface area contributed by atoms with Crippen molar-refractivity contribution in [3.05, 3.63) is 29.8 Å². The zero-order valence-electron chi connectivity index (χ0n) is 8.44. The van der Waals surface area contributed by atoms with Crippen molar-refractivity contribution in [2.75, 3.05) is 13.2 Å². The molecule has 0 aliphatic heterocycles. The third-order valence-corrected chi connectivity index (χ3v) is 2.04. The fourth-order valence-electron chi connectivity index (χ4n) is 1.31. The third kappa shape index (κ3) is 3.01. The smallest absolute Gasteiger partial charge is 0.119 e. The highest BCUT2D eigenvalue weighted by Crippen LogP contribution is 2.19. The van der Waals surface area contributed by atoms with Crippen LogP contribution in [-0.4, -0.2) is 18.3 Å². The molecule has 0 saturated carbocycles. The Balaban J connectivity index is 2.71. The molecule has 1 aromatic carbocycles. The summed E-state index contributed by atoms with van der Waals surface area (Å²) in [6.07, 6.45) is 0.579. The first-order valence-electron chi connectivity index (χ1n) is 4.87. The number of ether oxygens (including phenoxy) is 1. The summed E-state index contributed by atoms with van der Waals surface area (Å²) in [5.41, 5.74) is 6.86. The lowest BCUT2D eigenvalue weighted by Gasteiger charge is -2.11. The van der Waals surface area contributed by atoms with Crippen LogP contribution in [0.1, 0.15) is 24.9 Å². The van der Waals surface area contributed by atoms with Crippen LogP contribution in [0.4, 0.5) is 0 Å². The second-order valence-electron chi connectivity index (χ2n) is 3.12. The maximum atomic E-state index is 8.76. The van der Waals surface area contributed by atoms with E-state index in [9.17, 15) is 0 Å². The average Bonchev–Trinajstić information content (AvgIpc) is 2.19. The highest BCUT2D eigenvalue weighted by atomic mass is 16.5. The first kappa shape index (κ1) is 11.0. The quantitative estimate of drug-likeness (QED) is 0.748. The van der Waals surface area contributed by atoms with E-state index in [2.05, 4.69) is 0 Å². The van der Waals surface area contributed by atoms with Gasteiger partial charge in [0.15, 0.2) is 0 Å². The largest absolute Gasteiger partial charge is 0.494 e. The molecule has 1 rings (SSSR count). The van der Waals surface area contributed by atoms with E-state index in [1.807, 2.05) is 31.2 Å². The van der Waals surface area contributed by atoms with Crippen LogP contribution in [0, 0.1) is 0 Å². The summed E-state index contributed by atoms with van der Waals surface area (Å²) in [6, 6.07) is 7.57. The van der Waals surface area contributed by atoms with E-state index in [0.717, 1.165) is 11.3 Å². The van der Waals surface area contributed by atoms with Gasteiger partial charge in [-0.3, -0.25) is 0 Å². The zero-order chi connectivity index (χ0) is 10.4. The first-order chi connectivity index (χ1) is 6.77. The van der Waals surface area contributed by atoms with Crippen molar-refractivity contribution in [1.29, 1.82) is 0 Å². The summed E-state index contributed by atoms with van der Waals surface area (Å²) in [5, 5.41) is 8.76. The molecule has 0 aromatic heterocycles. The van der Waals surface area contributed by atoms with E-state index in [0.29, 0.717) is 13.0 Å². The predicted molar refractivity (Wildman–Crippen MR) is 56.2 cm³/mol. The van der Waals surface area contributed by atoms with E-state index < -0.39 is 0 Å². The van der Waals surface area contributed by atoms with Gasteiger partial charge in [-0.2, -0.15) is 0 Å². The van der Waals surface area contributed by atoms with Gasteiger partial charge in [0.1, 0.15) is 5.75 Å². The lowest BCUT2D eigenvalue weighted by atomic mass is 10.1. The summed E-state index contributed by atoms with van der Waals surface area (Å²) in [4.78, 5) is 0. The molecular weight excluding hydrogens is 178 g/mol. The van der Waals surface area contributed by atoms with Gasteiger partial charge in [0.2, 0.25) is 0 Å². The maximum Gasteiger partial charge on any atom is 0.119 e. The average molecular weight is 195 g/mol. The van der Waals surface area contributed by atoms with E-state index in [1.54, 1.807) is 0 Å². The SMILES string of the molecule is CCOc1cccc(C(N)CCO)c1. The molecule has 0 fully saturated rings. The Morgan fingerprint density at radius 2 is 2.29 bits per heavy atom. The molecule has 1 atom stereocenters. The topological polar surface area (TPSA) is 55.5 Å². The second-order valence-corrected chi connectivity index (χ2v) is 3.12. The molecule has 0 bridgehead atoms. The summed E-state index contributed by atoms with van der Waals surface area (Å²) in [5.74, 6) is 0.832. The summed E-state index contributed by atoms with van der Waals surface area (Å²) in [7, 11) is 0. The molecule has 3 N–H and O–H groups in total. The minimum atomic E-state index is -0.111. The van der Waals surface area contributed by atoms with Gasteiger partial charge in [-0.05, 0) is 31.0 Å². The van der Waals surface area contributed by atoms with Crippen molar-refractivity contribution in [1.82, 2.24) is 0 Å². The van der Waals surface area contributed by atoms with Crippen molar-refractivity contribution in [3.63, 3.8) is 0 Å². The van der Waals surface area contributed by atoms with E-state index in [1.165, 1.54) is 0 Å². The molecule has 1 aromatic rings. The molecule has 3 heteroatoms. The van der Waals surface area contributed by atoms with E-state index >= 15 is 0 Å². The molecule has 0 spiro atoms. The van der Waals surface area contributed by atoms with Gasteiger partial charge < -0.3 is 15.6 Å². The molecule has 0 aliphatic rings. The molecule has 78 valence electrons. The van der Waals surface area contributed by atoms with Crippen molar-refractivity contribution >= 4 is 0 Å². The molecule has 1 unspecified atom stereocenters. The lowest BCUT2D eigenvalue weighted by molar-refractivity contribution is 0.276. The highest BCUT2D eigenvalue weighted by molar-refractivity contribution is 5.30. The Hall–Kier alpha value is -1.06. The Morgan fingerprint density at radius 3 is 2.93 bits per heavy atom. The number of rotatable bonds is 5. The number of benzene rings is 1. The first-order valence-corrected chi connectivity index (χ1v) is 4.87. The van der Waals surface area contributed by atoms with E-state index in [-0.39, 0.29) is 12.6 Å². The third-order valence-electron chi connectivity index (χ3n) is 2.04. The molecule has 3 nitrogen and oxygen atoms in total. The molecule has 14 heavy (non-hydrogen) atoms. The number of aliphatic hydroxyl groups excluding tert-OH is 1. The minimum absolute atomic E-state index is 0.111. The van der Waals surface area contributed by atoms with Crippen LogP contribution in [0.2, 0.25) is 0 Å². The molecule has 0 radical (unpaired) electrons. The molecule has 0 saturated heterocycles. The standard InChI is InChI=1S/C11H17NO2/c1-2-14-10-5-3-4-9(8-10)11(12)6-7-13/h3-5,8,11,13H,2,6-7,12H2,1H3. The maximum absolute atomic E-state index is 8.76. The Morgan fingerprint density at radius 1 is 1.50 bits per heavy atom. The summed E-state index contributed by atoms with van der Waals surface area (Å²) >= 11 is 0. The Labute approximate surface area is 84.5 Å². The van der Waals surface area contributed by atoms with Gasteiger partial charge in [-0.1, -0.05) is 12.1 Å². The Bertz CT molecular complexity index is 276. The zero-order valence-corrected chi connectivity index (χ0v) is 8.44. The van der Waals surface area contributed by atoms with Crippen LogP contribution < -0.4 is 10.5 Å². The van der Waals surface area contributed by atoms with Gasteiger partial charge in [0.05, 0.1) is 6.61 Å². The molecular formula is C11H17NO2. The number of hydrogen-bond acceptors (Lipinski definition) is 3.